The number of hydrogen-bond acceptors (Lipinski definition) is 8. The molecule has 242 valence electrons. The number of fused-ring (bicyclic) bond motifs is 1. The predicted molar refractivity (Wildman–Crippen MR) is 169 cm³/mol. The van der Waals surface area contributed by atoms with Gasteiger partial charge in [0.2, 0.25) is 11.7 Å². The molecule has 3 aromatic heterocycles. The monoisotopic (exact) mass is 654 g/mol. The zero-order valence-electron chi connectivity index (χ0n) is 25.4. The lowest BCUT2D eigenvalue weighted by molar-refractivity contribution is -0.116. The van der Waals surface area contributed by atoms with Gasteiger partial charge in [0.05, 0.1) is 34.2 Å². The topological polar surface area (TPSA) is 152 Å². The Balaban J connectivity index is 1.28. The molecule has 2 fully saturated rings. The molecule has 2 atom stereocenters. The van der Waals surface area contributed by atoms with Crippen molar-refractivity contribution in [3.63, 3.8) is 0 Å². The highest BCUT2D eigenvalue weighted by atomic mass is 35.5. The van der Waals surface area contributed by atoms with E-state index in [1.807, 2.05) is 0 Å². The summed E-state index contributed by atoms with van der Waals surface area (Å²) in [5, 5.41) is 12.8. The molecule has 6 rings (SSSR count). The second-order valence-electron chi connectivity index (χ2n) is 12.0. The van der Waals surface area contributed by atoms with E-state index in [9.17, 15) is 23.9 Å². The Morgan fingerprint density at radius 2 is 1.91 bits per heavy atom. The van der Waals surface area contributed by atoms with Crippen LogP contribution < -0.4 is 21.5 Å². The third kappa shape index (κ3) is 5.66. The Bertz CT molecular complexity index is 1940. The molecule has 4 N–H and O–H groups in total. The van der Waals surface area contributed by atoms with Gasteiger partial charge in [-0.25, -0.2) is 14.4 Å². The quantitative estimate of drug-likeness (QED) is 0.261. The molecule has 0 bridgehead atoms. The number of primary amides is 1. The predicted octanol–water partition coefficient (Wildman–Crippen LogP) is 3.48. The third-order valence-corrected chi connectivity index (χ3v) is 9.24. The number of benzene rings is 1. The lowest BCUT2D eigenvalue weighted by Gasteiger charge is -2.43. The van der Waals surface area contributed by atoms with Gasteiger partial charge in [0.25, 0.3) is 11.5 Å². The number of phenols is 1. The first-order valence-electron chi connectivity index (χ1n) is 14.9. The molecule has 1 saturated heterocycles. The highest BCUT2D eigenvalue weighted by Gasteiger charge is 2.35. The van der Waals surface area contributed by atoms with Crippen LogP contribution in [0, 0.1) is 17.6 Å². The maximum Gasteiger partial charge on any atom is 0.263 e. The SMILES string of the molecule is C[C@@H](C1CC1)N1CCN(c2cc(NC(=O)Cn3cc(-c4cc(C(N)=O)c(O)c(F)c4F)c4c(=O)n(C)cnc43)c(Cl)cn2)[C@@H](C)C1. The Labute approximate surface area is 267 Å². The molecule has 4 aromatic rings. The van der Waals surface area contributed by atoms with Gasteiger partial charge in [-0.2, -0.15) is 4.39 Å². The summed E-state index contributed by atoms with van der Waals surface area (Å²) in [5.74, 6) is -4.77. The van der Waals surface area contributed by atoms with Gasteiger partial charge in [0, 0.05) is 62.2 Å². The first-order valence-corrected chi connectivity index (χ1v) is 15.2. The fraction of sp³-hybridized carbons (Fsp3) is 0.387. The van der Waals surface area contributed by atoms with Crippen LogP contribution in [0.3, 0.4) is 0 Å². The summed E-state index contributed by atoms with van der Waals surface area (Å²) in [7, 11) is 1.42. The van der Waals surface area contributed by atoms with Crippen molar-refractivity contribution < 1.29 is 23.5 Å². The van der Waals surface area contributed by atoms with Gasteiger partial charge in [0.15, 0.2) is 11.6 Å². The summed E-state index contributed by atoms with van der Waals surface area (Å²) in [5.41, 5.74) is 3.64. The van der Waals surface area contributed by atoms with Crippen LogP contribution >= 0.6 is 11.6 Å². The van der Waals surface area contributed by atoms with Crippen LogP contribution in [-0.2, 0) is 18.4 Å². The summed E-state index contributed by atoms with van der Waals surface area (Å²) in [6.07, 6.45) is 6.52. The van der Waals surface area contributed by atoms with Crippen molar-refractivity contribution in [1.29, 1.82) is 0 Å². The summed E-state index contributed by atoms with van der Waals surface area (Å²) >= 11 is 6.43. The van der Waals surface area contributed by atoms with E-state index in [2.05, 4.69) is 38.9 Å². The highest BCUT2D eigenvalue weighted by molar-refractivity contribution is 6.33. The molecule has 0 radical (unpaired) electrons. The number of rotatable bonds is 8. The lowest BCUT2D eigenvalue weighted by Crippen LogP contribution is -2.55. The molecule has 4 heterocycles. The molecule has 0 spiro atoms. The van der Waals surface area contributed by atoms with Crippen LogP contribution in [0.25, 0.3) is 22.2 Å². The number of nitrogens with two attached hydrogens (primary N) is 1. The van der Waals surface area contributed by atoms with E-state index in [4.69, 9.17) is 17.3 Å². The van der Waals surface area contributed by atoms with Crippen LogP contribution in [0.15, 0.2) is 35.6 Å². The molecule has 2 aliphatic rings. The number of hydrogen-bond donors (Lipinski definition) is 3. The van der Waals surface area contributed by atoms with Gasteiger partial charge >= 0.3 is 0 Å². The van der Waals surface area contributed by atoms with E-state index in [-0.39, 0.29) is 34.2 Å². The summed E-state index contributed by atoms with van der Waals surface area (Å²) in [4.78, 5) is 51.8. The zero-order valence-corrected chi connectivity index (χ0v) is 26.2. The average Bonchev–Trinajstić information content (AvgIpc) is 3.81. The van der Waals surface area contributed by atoms with Gasteiger partial charge < -0.3 is 30.2 Å². The number of nitrogens with zero attached hydrogens (tertiary/aromatic N) is 6. The Morgan fingerprint density at radius 1 is 1.17 bits per heavy atom. The van der Waals surface area contributed by atoms with Gasteiger partial charge in [-0.3, -0.25) is 19.3 Å². The number of carbonyl (C=O) groups excluding carboxylic acids is 2. The van der Waals surface area contributed by atoms with Gasteiger partial charge in [-0.1, -0.05) is 11.6 Å². The number of amides is 2. The number of aromatic nitrogens is 4. The van der Waals surface area contributed by atoms with E-state index in [1.165, 1.54) is 43.2 Å². The number of pyridine rings is 1. The van der Waals surface area contributed by atoms with Crippen LogP contribution in [0.2, 0.25) is 5.02 Å². The van der Waals surface area contributed by atoms with Crippen molar-refractivity contribution in [2.24, 2.45) is 18.7 Å². The zero-order chi connectivity index (χ0) is 33.0. The molecule has 1 saturated carbocycles. The van der Waals surface area contributed by atoms with Gasteiger partial charge in [0.1, 0.15) is 18.0 Å². The molecule has 1 aromatic carbocycles. The molecule has 1 aliphatic heterocycles. The number of piperazine rings is 1. The van der Waals surface area contributed by atoms with Crippen molar-refractivity contribution in [2.75, 3.05) is 29.9 Å². The maximum absolute atomic E-state index is 15.1. The highest BCUT2D eigenvalue weighted by Crippen LogP contribution is 2.37. The van der Waals surface area contributed by atoms with Crippen molar-refractivity contribution in [3.8, 4) is 16.9 Å². The van der Waals surface area contributed by atoms with Crippen LogP contribution in [0.1, 0.15) is 37.0 Å². The van der Waals surface area contributed by atoms with E-state index < -0.39 is 45.9 Å². The van der Waals surface area contributed by atoms with Crippen molar-refractivity contribution in [3.05, 3.63) is 63.4 Å². The van der Waals surface area contributed by atoms with Crippen LogP contribution in [0.5, 0.6) is 5.75 Å². The molecule has 15 heteroatoms. The second-order valence-corrected chi connectivity index (χ2v) is 12.4. The Kier molecular flexibility index (Phi) is 8.19. The largest absolute Gasteiger partial charge is 0.504 e. The van der Waals surface area contributed by atoms with E-state index >= 15 is 4.39 Å². The average molecular weight is 655 g/mol. The van der Waals surface area contributed by atoms with Crippen molar-refractivity contribution >= 4 is 46.0 Å². The summed E-state index contributed by atoms with van der Waals surface area (Å²) in [6.45, 7) is 6.61. The maximum atomic E-state index is 15.1. The summed E-state index contributed by atoms with van der Waals surface area (Å²) in [6, 6.07) is 3.30. The van der Waals surface area contributed by atoms with Gasteiger partial charge in [-0.05, 0) is 38.7 Å². The molecule has 12 nitrogen and oxygen atoms in total. The normalized spacial score (nSPS) is 17.8. The molecule has 2 amide bonds. The van der Waals surface area contributed by atoms with Crippen molar-refractivity contribution in [1.82, 2.24) is 24.0 Å². The van der Waals surface area contributed by atoms with Gasteiger partial charge in [-0.15, -0.1) is 0 Å². The second kappa shape index (κ2) is 12.0. The minimum atomic E-state index is -1.71. The number of aryl methyl sites for hydroxylation is 1. The standard InChI is InChI=1S/C31H33ClF2N8O4/c1-15-11-40(16(2)17-4-5-17)6-7-42(15)23-9-22(21(32)10-36-23)38-24(43)13-41-12-20(25-30(41)37-14-39(3)31(25)46)18-8-19(29(35)45)28(44)27(34)26(18)33/h8-10,12,14-17,44H,4-7,11,13H2,1-3H3,(H2,35,45)(H,36,38,43)/t15-,16-/m0/s1. The lowest BCUT2D eigenvalue weighted by atomic mass is 10.0. The molecular formula is C31H33ClF2N8O4. The fourth-order valence-electron chi connectivity index (χ4n) is 6.19. The van der Waals surface area contributed by atoms with Crippen LogP contribution in [0.4, 0.5) is 20.3 Å². The first-order chi connectivity index (χ1) is 21.8. The van der Waals surface area contributed by atoms with E-state index in [0.717, 1.165) is 36.2 Å². The third-order valence-electron chi connectivity index (χ3n) is 8.94. The smallest absolute Gasteiger partial charge is 0.263 e. The molecule has 46 heavy (non-hydrogen) atoms. The Hall–Kier alpha value is -4.56. The van der Waals surface area contributed by atoms with Crippen molar-refractivity contribution in [2.45, 2.75) is 45.3 Å². The van der Waals surface area contributed by atoms with Crippen LogP contribution in [-0.4, -0.2) is 72.6 Å². The molecule has 0 unspecified atom stereocenters. The number of carbonyl (C=O) groups is 2. The number of aromatic hydroxyl groups is 1. The number of anilines is 2. The molecule has 1 aliphatic carbocycles. The number of halogens is 3. The molecular weight excluding hydrogens is 622 g/mol. The first kappa shape index (κ1) is 31.4. The number of nitrogens with one attached hydrogen (secondary N) is 1. The van der Waals surface area contributed by atoms with E-state index in [1.54, 1.807) is 6.07 Å². The summed E-state index contributed by atoms with van der Waals surface area (Å²) < 4.78 is 32.2. The Morgan fingerprint density at radius 3 is 2.59 bits per heavy atom. The van der Waals surface area contributed by atoms with E-state index in [0.29, 0.717) is 17.5 Å². The minimum absolute atomic E-state index is 0.00962. The fourth-order valence-corrected chi connectivity index (χ4v) is 6.34. The minimum Gasteiger partial charge on any atom is -0.504 e.